The van der Waals surface area contributed by atoms with Gasteiger partial charge >= 0.3 is 0 Å². The van der Waals surface area contributed by atoms with Crippen LogP contribution in [-0.4, -0.2) is 11.8 Å². The van der Waals surface area contributed by atoms with Gasteiger partial charge in [-0.2, -0.15) is 0 Å². The van der Waals surface area contributed by atoms with Crippen LogP contribution in [0, 0.1) is 17.8 Å². The summed E-state index contributed by atoms with van der Waals surface area (Å²) in [4.78, 5) is 12.1. The van der Waals surface area contributed by atoms with E-state index in [9.17, 15) is 4.79 Å². The van der Waals surface area contributed by atoms with Crippen molar-refractivity contribution in [1.82, 2.24) is 0 Å². The van der Waals surface area contributed by atoms with E-state index in [1.807, 2.05) is 0 Å². The Balaban J connectivity index is 1.84. The summed E-state index contributed by atoms with van der Waals surface area (Å²) in [5.41, 5.74) is 6.04. The molecule has 15 heavy (non-hydrogen) atoms. The topological polar surface area (TPSA) is 43.1 Å². The summed E-state index contributed by atoms with van der Waals surface area (Å²) in [6.45, 7) is 2.28. The molecule has 0 saturated heterocycles. The van der Waals surface area contributed by atoms with Crippen LogP contribution in [0.1, 0.15) is 51.9 Å². The normalized spacial score (nSPS) is 34.5. The zero-order valence-corrected chi connectivity index (χ0v) is 9.74. The first-order valence-corrected chi connectivity index (χ1v) is 6.47. The van der Waals surface area contributed by atoms with E-state index in [1.165, 1.54) is 32.1 Å². The van der Waals surface area contributed by atoms with Crippen LogP contribution in [0.2, 0.25) is 0 Å². The monoisotopic (exact) mass is 209 g/mol. The predicted molar refractivity (Wildman–Crippen MR) is 61.4 cm³/mol. The van der Waals surface area contributed by atoms with Crippen molar-refractivity contribution >= 4 is 5.78 Å². The highest BCUT2D eigenvalue weighted by Crippen LogP contribution is 2.34. The first-order chi connectivity index (χ1) is 7.18. The quantitative estimate of drug-likeness (QED) is 0.776. The predicted octanol–water partition coefficient (Wildman–Crippen LogP) is 2.51. The third kappa shape index (κ3) is 2.41. The van der Waals surface area contributed by atoms with Crippen molar-refractivity contribution in [1.29, 1.82) is 0 Å². The highest BCUT2D eigenvalue weighted by molar-refractivity contribution is 5.86. The third-order valence-corrected chi connectivity index (χ3v) is 4.40. The van der Waals surface area contributed by atoms with E-state index >= 15 is 0 Å². The van der Waals surface area contributed by atoms with Crippen LogP contribution < -0.4 is 5.73 Å². The molecule has 2 rings (SSSR count). The number of carbonyl (C=O) groups is 1. The fourth-order valence-electron chi connectivity index (χ4n) is 2.85. The molecule has 1 unspecified atom stereocenters. The Labute approximate surface area is 92.6 Å². The van der Waals surface area contributed by atoms with Gasteiger partial charge in [0, 0.05) is 5.92 Å². The average Bonchev–Trinajstić information content (AvgIpc) is 2.15. The standard InChI is InChI=1S/C13H23NO/c1-9-5-7-11(8-6-9)13(15)12(14)10-3-2-4-10/h9-12H,2-8,14H2,1H3. The molecule has 2 N–H and O–H groups in total. The number of Topliss-reactive ketones (excluding diaryl/α,β-unsaturated/α-hetero) is 1. The fourth-order valence-corrected chi connectivity index (χ4v) is 2.85. The average molecular weight is 209 g/mol. The summed E-state index contributed by atoms with van der Waals surface area (Å²) in [5, 5.41) is 0. The van der Waals surface area contributed by atoms with Crippen LogP contribution in [0.15, 0.2) is 0 Å². The molecule has 0 aromatic heterocycles. The molecule has 86 valence electrons. The molecule has 0 spiro atoms. The summed E-state index contributed by atoms with van der Waals surface area (Å²) >= 11 is 0. The highest BCUT2D eigenvalue weighted by Gasteiger charge is 2.34. The molecule has 2 heteroatoms. The van der Waals surface area contributed by atoms with E-state index in [-0.39, 0.29) is 12.0 Å². The SMILES string of the molecule is CC1CCC(C(=O)C(N)C2CCC2)CC1. The lowest BCUT2D eigenvalue weighted by molar-refractivity contribution is -0.127. The van der Waals surface area contributed by atoms with Crippen molar-refractivity contribution in [3.63, 3.8) is 0 Å². The Morgan fingerprint density at radius 2 is 1.73 bits per heavy atom. The molecule has 2 nitrogen and oxygen atoms in total. The molecule has 2 saturated carbocycles. The zero-order valence-electron chi connectivity index (χ0n) is 9.74. The van der Waals surface area contributed by atoms with Gasteiger partial charge in [-0.05, 0) is 37.5 Å². The molecule has 0 aromatic rings. The molecule has 0 bridgehead atoms. The zero-order chi connectivity index (χ0) is 10.8. The van der Waals surface area contributed by atoms with Crippen LogP contribution in [0.4, 0.5) is 0 Å². The summed E-state index contributed by atoms with van der Waals surface area (Å²) < 4.78 is 0. The smallest absolute Gasteiger partial charge is 0.152 e. The second kappa shape index (κ2) is 4.65. The molecule has 2 fully saturated rings. The van der Waals surface area contributed by atoms with Gasteiger partial charge in [-0.15, -0.1) is 0 Å². The van der Waals surface area contributed by atoms with Gasteiger partial charge in [0.05, 0.1) is 6.04 Å². The molecule has 0 amide bonds. The molecule has 2 aliphatic carbocycles. The van der Waals surface area contributed by atoms with E-state index in [2.05, 4.69) is 6.92 Å². The Morgan fingerprint density at radius 1 is 1.13 bits per heavy atom. The summed E-state index contributed by atoms with van der Waals surface area (Å²) in [6.07, 6.45) is 8.22. The number of hydrogen-bond donors (Lipinski definition) is 1. The van der Waals surface area contributed by atoms with E-state index in [0.717, 1.165) is 18.8 Å². The van der Waals surface area contributed by atoms with Gasteiger partial charge in [0.1, 0.15) is 0 Å². The summed E-state index contributed by atoms with van der Waals surface area (Å²) in [7, 11) is 0. The Morgan fingerprint density at radius 3 is 2.20 bits per heavy atom. The van der Waals surface area contributed by atoms with Crippen molar-refractivity contribution in [2.75, 3.05) is 0 Å². The first-order valence-electron chi connectivity index (χ1n) is 6.47. The molecule has 1 atom stereocenters. The van der Waals surface area contributed by atoms with E-state index < -0.39 is 0 Å². The number of nitrogens with two attached hydrogens (primary N) is 1. The number of ketones is 1. The maximum absolute atomic E-state index is 12.1. The Hall–Kier alpha value is -0.370. The molecular weight excluding hydrogens is 186 g/mol. The summed E-state index contributed by atoms with van der Waals surface area (Å²) in [6, 6.07) is -0.142. The van der Waals surface area contributed by atoms with E-state index in [0.29, 0.717) is 11.7 Å². The van der Waals surface area contributed by atoms with Gasteiger partial charge in [-0.1, -0.05) is 26.2 Å². The fraction of sp³-hybridized carbons (Fsp3) is 0.923. The number of hydrogen-bond acceptors (Lipinski definition) is 2. The van der Waals surface area contributed by atoms with Crippen LogP contribution in [0.25, 0.3) is 0 Å². The molecule has 2 aliphatic rings. The molecular formula is C13H23NO. The second-order valence-electron chi connectivity index (χ2n) is 5.58. The van der Waals surface area contributed by atoms with E-state index in [4.69, 9.17) is 5.73 Å². The van der Waals surface area contributed by atoms with Gasteiger partial charge in [0.15, 0.2) is 5.78 Å². The Bertz CT molecular complexity index is 227. The molecule has 0 heterocycles. The van der Waals surface area contributed by atoms with Gasteiger partial charge in [0.2, 0.25) is 0 Å². The van der Waals surface area contributed by atoms with Gasteiger partial charge < -0.3 is 5.73 Å². The number of carbonyl (C=O) groups excluding carboxylic acids is 1. The van der Waals surface area contributed by atoms with Gasteiger partial charge in [0.25, 0.3) is 0 Å². The number of rotatable bonds is 3. The van der Waals surface area contributed by atoms with Crippen molar-refractivity contribution < 1.29 is 4.79 Å². The molecule has 0 radical (unpaired) electrons. The first kappa shape index (κ1) is 11.1. The van der Waals surface area contributed by atoms with Crippen LogP contribution in [0.5, 0.6) is 0 Å². The molecule has 0 aromatic carbocycles. The largest absolute Gasteiger partial charge is 0.321 e. The minimum absolute atomic E-state index is 0.142. The summed E-state index contributed by atoms with van der Waals surface area (Å²) in [5.74, 6) is 1.98. The van der Waals surface area contributed by atoms with Crippen molar-refractivity contribution in [3.8, 4) is 0 Å². The van der Waals surface area contributed by atoms with Crippen molar-refractivity contribution in [3.05, 3.63) is 0 Å². The van der Waals surface area contributed by atoms with Crippen LogP contribution in [0.3, 0.4) is 0 Å². The maximum atomic E-state index is 12.1. The maximum Gasteiger partial charge on any atom is 0.152 e. The minimum Gasteiger partial charge on any atom is -0.321 e. The Kier molecular flexibility index (Phi) is 3.45. The lowest BCUT2D eigenvalue weighted by Crippen LogP contribution is -2.45. The van der Waals surface area contributed by atoms with Crippen LogP contribution >= 0.6 is 0 Å². The van der Waals surface area contributed by atoms with Crippen molar-refractivity contribution in [2.45, 2.75) is 57.9 Å². The lowest BCUT2D eigenvalue weighted by atomic mass is 9.73. The highest BCUT2D eigenvalue weighted by atomic mass is 16.1. The lowest BCUT2D eigenvalue weighted by Gasteiger charge is -2.34. The third-order valence-electron chi connectivity index (χ3n) is 4.40. The van der Waals surface area contributed by atoms with Crippen LogP contribution in [-0.2, 0) is 4.79 Å². The molecule has 0 aliphatic heterocycles. The van der Waals surface area contributed by atoms with Crippen molar-refractivity contribution in [2.24, 2.45) is 23.5 Å². The minimum atomic E-state index is -0.142. The van der Waals surface area contributed by atoms with Gasteiger partial charge in [-0.3, -0.25) is 4.79 Å². The van der Waals surface area contributed by atoms with E-state index in [1.54, 1.807) is 0 Å². The second-order valence-corrected chi connectivity index (χ2v) is 5.58. The van der Waals surface area contributed by atoms with Gasteiger partial charge in [-0.25, -0.2) is 0 Å².